The summed E-state index contributed by atoms with van der Waals surface area (Å²) >= 11 is 0. The van der Waals surface area contributed by atoms with Gasteiger partial charge in [-0.3, -0.25) is 0 Å². The first kappa shape index (κ1) is 11.8. The number of nitrogens with zero attached hydrogens (tertiary/aromatic N) is 1. The van der Waals surface area contributed by atoms with Gasteiger partial charge in [0.15, 0.2) is 0 Å². The molecule has 3 rings (SSSR count). The fourth-order valence-corrected chi connectivity index (χ4v) is 3.42. The number of para-hydroxylation sites is 2. The molecular weight excluding hydrogens is 224 g/mol. The number of fused-ring (bicyclic) bond motifs is 1. The van der Waals surface area contributed by atoms with Gasteiger partial charge in [-0.05, 0) is 25.0 Å². The van der Waals surface area contributed by atoms with E-state index in [9.17, 15) is 0 Å². The Hall–Kier alpha value is -1.22. The molecule has 1 N–H and O–H groups in total. The Labute approximate surface area is 109 Å². The number of methoxy groups -OCH3 is 1. The van der Waals surface area contributed by atoms with Crippen molar-refractivity contribution in [2.24, 2.45) is 0 Å². The summed E-state index contributed by atoms with van der Waals surface area (Å²) in [5.74, 6) is 1.00. The van der Waals surface area contributed by atoms with Crippen LogP contribution >= 0.6 is 0 Å². The Bertz CT molecular complexity index is 405. The minimum Gasteiger partial charge on any atom is -0.495 e. The van der Waals surface area contributed by atoms with E-state index in [0.717, 1.165) is 18.8 Å². The van der Waals surface area contributed by atoms with Gasteiger partial charge < -0.3 is 15.0 Å². The van der Waals surface area contributed by atoms with Crippen molar-refractivity contribution in [3.05, 3.63) is 24.3 Å². The zero-order valence-electron chi connectivity index (χ0n) is 11.1. The summed E-state index contributed by atoms with van der Waals surface area (Å²) in [5, 5.41) is 3.68. The lowest BCUT2D eigenvalue weighted by atomic mass is 9.87. The average molecular weight is 246 g/mol. The summed E-state index contributed by atoms with van der Waals surface area (Å²) in [5.41, 5.74) is 1.26. The molecule has 0 bridgehead atoms. The molecule has 2 aliphatic rings. The molecule has 0 amide bonds. The quantitative estimate of drug-likeness (QED) is 0.867. The van der Waals surface area contributed by atoms with Crippen LogP contribution in [0.5, 0.6) is 5.75 Å². The Kier molecular flexibility index (Phi) is 3.41. The lowest BCUT2D eigenvalue weighted by Crippen LogP contribution is -2.59. The number of nitrogens with one attached hydrogen (secondary N) is 1. The van der Waals surface area contributed by atoms with Crippen LogP contribution in [0.3, 0.4) is 0 Å². The Morgan fingerprint density at radius 1 is 1.22 bits per heavy atom. The van der Waals surface area contributed by atoms with Crippen LogP contribution in [0, 0.1) is 0 Å². The molecule has 98 valence electrons. The van der Waals surface area contributed by atoms with Crippen LogP contribution in [0.1, 0.15) is 25.7 Å². The van der Waals surface area contributed by atoms with E-state index in [1.807, 2.05) is 6.07 Å². The molecule has 1 aromatic carbocycles. The molecule has 2 fully saturated rings. The number of anilines is 1. The van der Waals surface area contributed by atoms with Crippen molar-refractivity contribution in [1.29, 1.82) is 0 Å². The smallest absolute Gasteiger partial charge is 0.142 e. The third-order valence-corrected chi connectivity index (χ3v) is 4.28. The summed E-state index contributed by atoms with van der Waals surface area (Å²) in [6.45, 7) is 2.17. The monoisotopic (exact) mass is 246 g/mol. The minimum absolute atomic E-state index is 0.642. The predicted molar refractivity (Wildman–Crippen MR) is 74.4 cm³/mol. The zero-order chi connectivity index (χ0) is 12.4. The molecule has 1 aromatic rings. The molecule has 1 saturated carbocycles. The SMILES string of the molecule is COc1ccccc1N1CCNC2CCCCC21. The molecule has 2 atom stereocenters. The Morgan fingerprint density at radius 3 is 2.94 bits per heavy atom. The van der Waals surface area contributed by atoms with Crippen molar-refractivity contribution in [3.8, 4) is 5.75 Å². The normalized spacial score (nSPS) is 27.7. The highest BCUT2D eigenvalue weighted by Gasteiger charge is 2.33. The van der Waals surface area contributed by atoms with Gasteiger partial charge in [0, 0.05) is 25.2 Å². The van der Waals surface area contributed by atoms with Gasteiger partial charge in [0.1, 0.15) is 5.75 Å². The molecular formula is C15H22N2O. The number of benzene rings is 1. The summed E-state index contributed by atoms with van der Waals surface area (Å²) in [4.78, 5) is 2.55. The molecule has 2 unspecified atom stereocenters. The van der Waals surface area contributed by atoms with Crippen molar-refractivity contribution >= 4 is 5.69 Å². The fourth-order valence-electron chi connectivity index (χ4n) is 3.42. The van der Waals surface area contributed by atoms with Crippen molar-refractivity contribution < 1.29 is 4.74 Å². The summed E-state index contributed by atoms with van der Waals surface area (Å²) in [6, 6.07) is 9.72. The molecule has 0 aromatic heterocycles. The maximum Gasteiger partial charge on any atom is 0.142 e. The fraction of sp³-hybridized carbons (Fsp3) is 0.600. The van der Waals surface area contributed by atoms with E-state index in [1.165, 1.54) is 31.4 Å². The first-order valence-electron chi connectivity index (χ1n) is 7.03. The van der Waals surface area contributed by atoms with Crippen molar-refractivity contribution in [2.45, 2.75) is 37.8 Å². The molecule has 0 radical (unpaired) electrons. The second kappa shape index (κ2) is 5.19. The Morgan fingerprint density at radius 2 is 2.06 bits per heavy atom. The predicted octanol–water partition coefficient (Wildman–Crippen LogP) is 2.42. The topological polar surface area (TPSA) is 24.5 Å². The average Bonchev–Trinajstić information content (AvgIpc) is 2.46. The van der Waals surface area contributed by atoms with Crippen LogP contribution in [0.15, 0.2) is 24.3 Å². The van der Waals surface area contributed by atoms with E-state index in [4.69, 9.17) is 4.74 Å². The second-order valence-corrected chi connectivity index (χ2v) is 5.28. The standard InChI is InChI=1S/C15H22N2O/c1-18-15-9-5-4-8-14(15)17-11-10-16-12-6-2-3-7-13(12)17/h4-5,8-9,12-13,16H,2-3,6-7,10-11H2,1H3. The van der Waals surface area contributed by atoms with E-state index in [0.29, 0.717) is 12.1 Å². The van der Waals surface area contributed by atoms with E-state index in [2.05, 4.69) is 28.4 Å². The van der Waals surface area contributed by atoms with Gasteiger partial charge in [0.05, 0.1) is 12.8 Å². The van der Waals surface area contributed by atoms with E-state index in [-0.39, 0.29) is 0 Å². The van der Waals surface area contributed by atoms with Crippen LogP contribution in [0.4, 0.5) is 5.69 Å². The third-order valence-electron chi connectivity index (χ3n) is 4.28. The maximum atomic E-state index is 5.52. The van der Waals surface area contributed by atoms with Gasteiger partial charge in [-0.2, -0.15) is 0 Å². The highest BCUT2D eigenvalue weighted by atomic mass is 16.5. The third kappa shape index (κ3) is 2.07. The van der Waals surface area contributed by atoms with E-state index >= 15 is 0 Å². The van der Waals surface area contributed by atoms with E-state index < -0.39 is 0 Å². The number of hydrogen-bond donors (Lipinski definition) is 1. The van der Waals surface area contributed by atoms with Crippen LogP contribution in [0.2, 0.25) is 0 Å². The van der Waals surface area contributed by atoms with Crippen molar-refractivity contribution in [3.63, 3.8) is 0 Å². The summed E-state index contributed by atoms with van der Waals surface area (Å²) in [7, 11) is 1.76. The van der Waals surface area contributed by atoms with Crippen LogP contribution in [0.25, 0.3) is 0 Å². The van der Waals surface area contributed by atoms with Crippen LogP contribution < -0.4 is 15.0 Å². The zero-order valence-corrected chi connectivity index (χ0v) is 11.1. The number of ether oxygens (including phenoxy) is 1. The lowest BCUT2D eigenvalue weighted by Gasteiger charge is -2.46. The second-order valence-electron chi connectivity index (χ2n) is 5.28. The van der Waals surface area contributed by atoms with Crippen LogP contribution in [-0.2, 0) is 0 Å². The van der Waals surface area contributed by atoms with Crippen molar-refractivity contribution in [1.82, 2.24) is 5.32 Å². The van der Waals surface area contributed by atoms with Gasteiger partial charge in [-0.25, -0.2) is 0 Å². The van der Waals surface area contributed by atoms with Gasteiger partial charge >= 0.3 is 0 Å². The lowest BCUT2D eigenvalue weighted by molar-refractivity contribution is 0.282. The van der Waals surface area contributed by atoms with Gasteiger partial charge in [-0.1, -0.05) is 25.0 Å². The molecule has 1 saturated heterocycles. The largest absolute Gasteiger partial charge is 0.495 e. The van der Waals surface area contributed by atoms with Crippen LogP contribution in [-0.4, -0.2) is 32.3 Å². The minimum atomic E-state index is 0.642. The molecule has 1 aliphatic carbocycles. The number of hydrogen-bond acceptors (Lipinski definition) is 3. The molecule has 1 aliphatic heterocycles. The summed E-state index contributed by atoms with van der Waals surface area (Å²) < 4.78 is 5.52. The molecule has 3 nitrogen and oxygen atoms in total. The summed E-state index contributed by atoms with van der Waals surface area (Å²) in [6.07, 6.45) is 5.34. The van der Waals surface area contributed by atoms with E-state index in [1.54, 1.807) is 7.11 Å². The highest BCUT2D eigenvalue weighted by Crippen LogP contribution is 2.34. The van der Waals surface area contributed by atoms with Crippen molar-refractivity contribution in [2.75, 3.05) is 25.1 Å². The first-order chi connectivity index (χ1) is 8.90. The molecule has 3 heteroatoms. The number of rotatable bonds is 2. The molecule has 0 spiro atoms. The maximum absolute atomic E-state index is 5.52. The first-order valence-corrected chi connectivity index (χ1v) is 7.03. The Balaban J connectivity index is 1.89. The highest BCUT2D eigenvalue weighted by molar-refractivity contribution is 5.59. The molecule has 1 heterocycles. The number of piperazine rings is 1. The van der Waals surface area contributed by atoms with Gasteiger partial charge in [0.25, 0.3) is 0 Å². The molecule has 18 heavy (non-hydrogen) atoms. The van der Waals surface area contributed by atoms with Gasteiger partial charge in [0.2, 0.25) is 0 Å². The van der Waals surface area contributed by atoms with Gasteiger partial charge in [-0.15, -0.1) is 0 Å².